The molecule has 1 aliphatic carbocycles. The molecular formula is C23H28N2O7S3. The summed E-state index contributed by atoms with van der Waals surface area (Å²) in [5.74, 6) is -1.13. The molecule has 12 heteroatoms. The molecule has 1 aliphatic heterocycles. The zero-order valence-corrected chi connectivity index (χ0v) is 22.0. The van der Waals surface area contributed by atoms with Gasteiger partial charge in [-0.25, -0.2) is 21.6 Å². The third kappa shape index (κ3) is 5.16. The molecule has 0 spiro atoms. The number of aryl methyl sites for hydroxylation is 1. The molecule has 1 N–H and O–H groups in total. The van der Waals surface area contributed by atoms with Crippen molar-refractivity contribution in [2.45, 2.75) is 48.8 Å². The molecule has 0 saturated carbocycles. The quantitative estimate of drug-likeness (QED) is 0.535. The van der Waals surface area contributed by atoms with Crippen LogP contribution in [0.25, 0.3) is 0 Å². The van der Waals surface area contributed by atoms with E-state index in [1.54, 1.807) is 6.92 Å². The van der Waals surface area contributed by atoms with E-state index in [0.717, 1.165) is 36.0 Å². The molecule has 2 aromatic rings. The Kier molecular flexibility index (Phi) is 7.37. The zero-order valence-electron chi connectivity index (χ0n) is 19.6. The van der Waals surface area contributed by atoms with Crippen LogP contribution in [0.5, 0.6) is 0 Å². The number of piperidine rings is 1. The van der Waals surface area contributed by atoms with Crippen molar-refractivity contribution in [3.63, 3.8) is 0 Å². The molecule has 1 aromatic carbocycles. The van der Waals surface area contributed by atoms with Gasteiger partial charge in [0.1, 0.15) is 9.90 Å². The monoisotopic (exact) mass is 540 g/mol. The first-order valence-electron chi connectivity index (χ1n) is 11.5. The third-order valence-electron chi connectivity index (χ3n) is 6.33. The lowest BCUT2D eigenvalue weighted by Gasteiger charge is -2.31. The van der Waals surface area contributed by atoms with Gasteiger partial charge in [-0.05, 0) is 56.7 Å². The molecule has 1 fully saturated rings. The van der Waals surface area contributed by atoms with Gasteiger partial charge in [0.05, 0.1) is 17.1 Å². The first kappa shape index (κ1) is 25.8. The number of nitrogens with one attached hydrogen (secondary N) is 1. The summed E-state index contributed by atoms with van der Waals surface area (Å²) in [6.07, 6.45) is 4.16. The second kappa shape index (κ2) is 10.00. The molecule has 1 amide bonds. The number of carbonyl (C=O) groups excluding carboxylic acids is 2. The number of anilines is 1. The fraction of sp³-hybridized carbons (Fsp3) is 0.478. The van der Waals surface area contributed by atoms with E-state index in [1.165, 1.54) is 39.9 Å². The number of benzene rings is 1. The van der Waals surface area contributed by atoms with Gasteiger partial charge >= 0.3 is 5.97 Å². The lowest BCUT2D eigenvalue weighted by atomic mass is 9.97. The Hall–Kier alpha value is -2.28. The maximum Gasteiger partial charge on any atom is 0.341 e. The number of sulfone groups is 1. The second-order valence-corrected chi connectivity index (χ2v) is 13.7. The molecule has 0 bridgehead atoms. The molecule has 4 rings (SSSR count). The Labute approximate surface area is 209 Å². The number of fused-ring (bicyclic) bond motifs is 1. The highest BCUT2D eigenvalue weighted by molar-refractivity contribution is 7.93. The molecule has 190 valence electrons. The highest BCUT2D eigenvalue weighted by Crippen LogP contribution is 2.40. The summed E-state index contributed by atoms with van der Waals surface area (Å²) in [5.41, 5.74) is 1.39. The summed E-state index contributed by atoms with van der Waals surface area (Å²) in [4.78, 5) is 26.2. The van der Waals surface area contributed by atoms with Gasteiger partial charge in [-0.3, -0.25) is 4.79 Å². The molecular weight excluding hydrogens is 512 g/mol. The minimum atomic E-state index is -4.04. The second-order valence-electron chi connectivity index (χ2n) is 8.67. The number of nitrogens with zero attached hydrogens (tertiary/aromatic N) is 1. The van der Waals surface area contributed by atoms with Crippen molar-refractivity contribution in [1.82, 2.24) is 4.31 Å². The highest BCUT2D eigenvalue weighted by atomic mass is 32.2. The Morgan fingerprint density at radius 2 is 1.74 bits per heavy atom. The molecule has 1 saturated heterocycles. The van der Waals surface area contributed by atoms with Crippen LogP contribution in [0.3, 0.4) is 0 Å². The van der Waals surface area contributed by atoms with Crippen molar-refractivity contribution in [2.75, 3.05) is 31.3 Å². The van der Waals surface area contributed by atoms with E-state index < -0.39 is 31.7 Å². The molecule has 1 aromatic heterocycles. The topological polar surface area (TPSA) is 127 Å². The van der Waals surface area contributed by atoms with Gasteiger partial charge in [-0.2, -0.15) is 4.31 Å². The molecule has 2 aliphatic rings. The van der Waals surface area contributed by atoms with Crippen LogP contribution in [-0.4, -0.2) is 59.0 Å². The van der Waals surface area contributed by atoms with Gasteiger partial charge in [0.25, 0.3) is 0 Å². The van der Waals surface area contributed by atoms with E-state index >= 15 is 0 Å². The molecule has 9 nitrogen and oxygen atoms in total. The molecule has 0 unspecified atom stereocenters. The highest BCUT2D eigenvalue weighted by Gasteiger charge is 2.35. The maximum atomic E-state index is 13.2. The average molecular weight is 541 g/mol. The Bertz CT molecular complexity index is 1360. The van der Waals surface area contributed by atoms with Crippen molar-refractivity contribution in [3.8, 4) is 0 Å². The number of ether oxygens (including phenoxy) is 1. The zero-order chi connectivity index (χ0) is 25.4. The predicted octanol–water partition coefficient (Wildman–Crippen LogP) is 2.86. The third-order valence-corrected chi connectivity index (χ3v) is 10.8. The van der Waals surface area contributed by atoms with Crippen molar-refractivity contribution < 1.29 is 31.2 Å². The lowest BCUT2D eigenvalue weighted by molar-refractivity contribution is -0.120. The van der Waals surface area contributed by atoms with Gasteiger partial charge in [0.15, 0.2) is 9.84 Å². The summed E-state index contributed by atoms with van der Waals surface area (Å²) in [7, 11) is -7.78. The summed E-state index contributed by atoms with van der Waals surface area (Å²) in [6.45, 7) is 2.15. The van der Waals surface area contributed by atoms with E-state index in [9.17, 15) is 26.4 Å². The van der Waals surface area contributed by atoms with Gasteiger partial charge in [-0.15, -0.1) is 11.3 Å². The van der Waals surface area contributed by atoms with Crippen LogP contribution in [-0.2, 0) is 42.2 Å². The molecule has 0 atom stereocenters. The van der Waals surface area contributed by atoms with Crippen LogP contribution >= 0.6 is 11.3 Å². The van der Waals surface area contributed by atoms with Gasteiger partial charge in [0.2, 0.25) is 15.9 Å². The lowest BCUT2D eigenvalue weighted by Crippen LogP contribution is -2.41. The number of esters is 1. The minimum absolute atomic E-state index is 0.0875. The van der Waals surface area contributed by atoms with Crippen LogP contribution in [0.15, 0.2) is 34.1 Å². The van der Waals surface area contributed by atoms with Crippen LogP contribution < -0.4 is 5.32 Å². The van der Waals surface area contributed by atoms with E-state index in [1.807, 2.05) is 0 Å². The van der Waals surface area contributed by atoms with Crippen molar-refractivity contribution in [3.05, 3.63) is 40.3 Å². The maximum absolute atomic E-state index is 13.2. The van der Waals surface area contributed by atoms with E-state index in [-0.39, 0.29) is 48.2 Å². The number of sulfonamides is 1. The first-order valence-corrected chi connectivity index (χ1v) is 15.6. The van der Waals surface area contributed by atoms with Gasteiger partial charge in [-0.1, -0.05) is 12.1 Å². The number of amides is 1. The summed E-state index contributed by atoms with van der Waals surface area (Å²) >= 11 is 1.41. The molecule has 35 heavy (non-hydrogen) atoms. The number of thiophene rings is 1. The molecule has 0 radical (unpaired) electrons. The minimum Gasteiger partial charge on any atom is -0.462 e. The summed E-state index contributed by atoms with van der Waals surface area (Å²) < 4.78 is 57.0. The standard InChI is InChI=1S/C23H28N2O7S3/c1-3-32-23(27)20-16-7-6-8-17(16)33-22(20)24-21(26)15-11-13-25(14-12-15)35(30,31)19-10-5-4-9-18(19)34(2,28)29/h4-5,9-10,15H,3,6-8,11-14H2,1-2H3,(H,24,26). The van der Waals surface area contributed by atoms with Crippen molar-refractivity contribution in [1.29, 1.82) is 0 Å². The van der Waals surface area contributed by atoms with Crippen LogP contribution in [0.1, 0.15) is 47.0 Å². The largest absolute Gasteiger partial charge is 0.462 e. The van der Waals surface area contributed by atoms with Crippen molar-refractivity contribution >= 4 is 48.1 Å². The Morgan fingerprint density at radius 3 is 2.37 bits per heavy atom. The van der Waals surface area contributed by atoms with E-state index in [0.29, 0.717) is 10.6 Å². The summed E-state index contributed by atoms with van der Waals surface area (Å²) in [5, 5.41) is 3.39. The summed E-state index contributed by atoms with van der Waals surface area (Å²) in [6, 6.07) is 5.54. The van der Waals surface area contributed by atoms with Gasteiger partial charge < -0.3 is 10.1 Å². The Morgan fingerprint density at radius 1 is 1.09 bits per heavy atom. The first-order chi connectivity index (χ1) is 16.5. The fourth-order valence-corrected chi connectivity index (χ4v) is 8.94. The number of carbonyl (C=O) groups is 2. The van der Waals surface area contributed by atoms with E-state index in [2.05, 4.69) is 5.32 Å². The SMILES string of the molecule is CCOC(=O)c1c(NC(=O)C2CCN(S(=O)(=O)c3ccccc3S(C)(=O)=O)CC2)sc2c1CCC2. The van der Waals surface area contributed by atoms with Crippen molar-refractivity contribution in [2.24, 2.45) is 5.92 Å². The number of hydrogen-bond donors (Lipinski definition) is 1. The average Bonchev–Trinajstić information content (AvgIpc) is 3.39. The van der Waals surface area contributed by atoms with Gasteiger partial charge in [0, 0.05) is 30.1 Å². The van der Waals surface area contributed by atoms with Crippen LogP contribution in [0.4, 0.5) is 5.00 Å². The molecule has 2 heterocycles. The Balaban J connectivity index is 1.47. The van der Waals surface area contributed by atoms with Crippen LogP contribution in [0.2, 0.25) is 0 Å². The van der Waals surface area contributed by atoms with E-state index in [4.69, 9.17) is 4.74 Å². The number of hydrogen-bond acceptors (Lipinski definition) is 8. The fourth-order valence-electron chi connectivity index (χ4n) is 4.59. The number of rotatable bonds is 7. The smallest absolute Gasteiger partial charge is 0.341 e. The normalized spacial score (nSPS) is 17.2. The van der Waals surface area contributed by atoms with Crippen LogP contribution in [0, 0.1) is 5.92 Å². The predicted molar refractivity (Wildman–Crippen MR) is 132 cm³/mol.